The zero-order valence-corrected chi connectivity index (χ0v) is 15.0. The minimum Gasteiger partial charge on any atom is -0.467 e. The van der Waals surface area contributed by atoms with Gasteiger partial charge in [0.2, 0.25) is 0 Å². The monoisotopic (exact) mass is 390 g/mol. The molecule has 1 aliphatic rings. The van der Waals surface area contributed by atoms with Crippen LogP contribution in [0.2, 0.25) is 10.0 Å². The number of rotatable bonds is 3. The molecule has 0 radical (unpaired) electrons. The van der Waals surface area contributed by atoms with Gasteiger partial charge in [-0.05, 0) is 23.8 Å². The molecule has 3 rings (SSSR count). The van der Waals surface area contributed by atoms with Crippen molar-refractivity contribution >= 4 is 41.5 Å². The molecule has 0 aliphatic carbocycles. The van der Waals surface area contributed by atoms with Gasteiger partial charge in [0.1, 0.15) is 18.1 Å². The minimum absolute atomic E-state index is 0. The normalized spacial score (nSPS) is 17.5. The molecule has 2 N–H and O–H groups in total. The van der Waals surface area contributed by atoms with Gasteiger partial charge in [0, 0.05) is 6.54 Å². The fourth-order valence-electron chi connectivity index (χ4n) is 2.53. The number of furan rings is 1. The molecule has 5 nitrogen and oxygen atoms in total. The number of hydrogen-bond donors (Lipinski definition) is 1. The summed E-state index contributed by atoms with van der Waals surface area (Å²) in [7, 11) is 0. The largest absolute Gasteiger partial charge is 0.467 e. The summed E-state index contributed by atoms with van der Waals surface area (Å²) < 4.78 is 11.0. The zero-order chi connectivity index (χ0) is 16.4. The minimum atomic E-state index is -0.233. The first-order valence-corrected chi connectivity index (χ1v) is 7.97. The van der Waals surface area contributed by atoms with Crippen molar-refractivity contribution in [3.05, 3.63) is 57.5 Å². The summed E-state index contributed by atoms with van der Waals surface area (Å²) in [6.45, 7) is 1.69. The van der Waals surface area contributed by atoms with Crippen LogP contribution in [0.15, 0.2) is 34.9 Å². The third-order valence-electron chi connectivity index (χ3n) is 3.77. The van der Waals surface area contributed by atoms with Crippen LogP contribution in [-0.2, 0) is 11.3 Å². The Morgan fingerprint density at radius 3 is 2.75 bits per heavy atom. The van der Waals surface area contributed by atoms with E-state index in [0.717, 1.165) is 5.56 Å². The van der Waals surface area contributed by atoms with Crippen molar-refractivity contribution < 1.29 is 13.9 Å². The van der Waals surface area contributed by atoms with Crippen LogP contribution in [-0.4, -0.2) is 30.5 Å². The molecule has 1 fully saturated rings. The summed E-state index contributed by atoms with van der Waals surface area (Å²) in [6, 6.07) is 7.03. The van der Waals surface area contributed by atoms with Gasteiger partial charge in [-0.3, -0.25) is 4.79 Å². The summed E-state index contributed by atoms with van der Waals surface area (Å²) >= 11 is 12.0. The number of halogens is 3. The number of morpholine rings is 1. The molecule has 1 aliphatic heterocycles. The number of amides is 1. The highest BCUT2D eigenvalue weighted by Crippen LogP contribution is 2.29. The number of carbonyl (C=O) groups is 1. The summed E-state index contributed by atoms with van der Waals surface area (Å²) in [5.74, 6) is 0.490. The van der Waals surface area contributed by atoms with E-state index in [2.05, 4.69) is 0 Å². The van der Waals surface area contributed by atoms with E-state index in [-0.39, 0.29) is 31.0 Å². The molecule has 24 heavy (non-hydrogen) atoms. The number of nitrogens with zero attached hydrogens (tertiary/aromatic N) is 1. The van der Waals surface area contributed by atoms with Crippen LogP contribution in [0.1, 0.15) is 27.8 Å². The smallest absolute Gasteiger partial charge is 0.257 e. The summed E-state index contributed by atoms with van der Waals surface area (Å²) in [6.07, 6.45) is 1.21. The van der Waals surface area contributed by atoms with Gasteiger partial charge in [0.25, 0.3) is 5.91 Å². The maximum atomic E-state index is 12.5. The first-order valence-electron chi connectivity index (χ1n) is 7.22. The Morgan fingerprint density at radius 2 is 2.08 bits per heavy atom. The molecular weight excluding hydrogens is 375 g/mol. The molecule has 0 bridgehead atoms. The summed E-state index contributed by atoms with van der Waals surface area (Å²) in [4.78, 5) is 14.3. The van der Waals surface area contributed by atoms with E-state index in [4.69, 9.17) is 38.1 Å². The predicted octanol–water partition coefficient (Wildman–Crippen LogP) is 3.68. The van der Waals surface area contributed by atoms with Crippen molar-refractivity contribution in [2.45, 2.75) is 12.6 Å². The molecular formula is C16H17Cl3N2O3. The van der Waals surface area contributed by atoms with Gasteiger partial charge in [0.15, 0.2) is 0 Å². The van der Waals surface area contributed by atoms with Gasteiger partial charge < -0.3 is 19.8 Å². The predicted molar refractivity (Wildman–Crippen MR) is 94.9 cm³/mol. The van der Waals surface area contributed by atoms with Gasteiger partial charge in [-0.2, -0.15) is 0 Å². The second-order valence-electron chi connectivity index (χ2n) is 5.29. The van der Waals surface area contributed by atoms with Crippen LogP contribution in [0.4, 0.5) is 0 Å². The molecule has 130 valence electrons. The molecule has 1 aromatic carbocycles. The maximum Gasteiger partial charge on any atom is 0.257 e. The van der Waals surface area contributed by atoms with E-state index >= 15 is 0 Å². The van der Waals surface area contributed by atoms with Gasteiger partial charge in [-0.25, -0.2) is 0 Å². The average molecular weight is 392 g/mol. The Labute approximate surface area is 156 Å². The quantitative estimate of drug-likeness (QED) is 0.866. The fraction of sp³-hybridized carbons (Fsp3) is 0.312. The highest BCUT2D eigenvalue weighted by Gasteiger charge is 2.27. The molecule has 2 aromatic rings. The first-order chi connectivity index (χ1) is 11.1. The lowest BCUT2D eigenvalue weighted by atomic mass is 10.1. The lowest BCUT2D eigenvalue weighted by molar-refractivity contribution is -0.0228. The van der Waals surface area contributed by atoms with E-state index in [1.807, 2.05) is 6.07 Å². The van der Waals surface area contributed by atoms with Gasteiger partial charge in [-0.15, -0.1) is 12.4 Å². The second kappa shape index (κ2) is 8.23. The first kappa shape index (κ1) is 19.1. The molecule has 8 heteroatoms. The number of hydrogen-bond acceptors (Lipinski definition) is 4. The van der Waals surface area contributed by atoms with Crippen LogP contribution >= 0.6 is 35.6 Å². The highest BCUT2D eigenvalue weighted by atomic mass is 35.5. The summed E-state index contributed by atoms with van der Waals surface area (Å²) in [5, 5.41) is 0.963. The Morgan fingerprint density at radius 1 is 1.29 bits per heavy atom. The van der Waals surface area contributed by atoms with Crippen LogP contribution in [0.3, 0.4) is 0 Å². The maximum absolute atomic E-state index is 12.5. The Hall–Kier alpha value is -1.24. The molecule has 1 amide bonds. The number of ether oxygens (including phenoxy) is 1. The lowest BCUT2D eigenvalue weighted by Gasteiger charge is -2.33. The van der Waals surface area contributed by atoms with E-state index < -0.39 is 0 Å². The molecule has 1 atom stereocenters. The van der Waals surface area contributed by atoms with Crippen molar-refractivity contribution in [1.82, 2.24) is 4.90 Å². The van der Waals surface area contributed by atoms with E-state index in [9.17, 15) is 4.79 Å². The Bertz CT molecular complexity index is 720. The van der Waals surface area contributed by atoms with Crippen molar-refractivity contribution in [2.24, 2.45) is 5.73 Å². The van der Waals surface area contributed by atoms with Crippen molar-refractivity contribution in [3.63, 3.8) is 0 Å². The van der Waals surface area contributed by atoms with Gasteiger partial charge in [0.05, 0.1) is 35.3 Å². The molecule has 0 saturated carbocycles. The van der Waals surface area contributed by atoms with Crippen LogP contribution in [0.25, 0.3) is 0 Å². The molecule has 0 spiro atoms. The lowest BCUT2D eigenvalue weighted by Crippen LogP contribution is -2.42. The van der Waals surface area contributed by atoms with Gasteiger partial charge >= 0.3 is 0 Å². The van der Waals surface area contributed by atoms with Crippen LogP contribution in [0, 0.1) is 0 Å². The molecule has 2 heterocycles. The summed E-state index contributed by atoms with van der Waals surface area (Å²) in [5.41, 5.74) is 6.90. The SMILES string of the molecule is Cl.NCc1cc(C(=O)N2CCOC(c3ccc(Cl)c(Cl)c3)C2)co1. The molecule has 1 aromatic heterocycles. The topological polar surface area (TPSA) is 68.7 Å². The Kier molecular flexibility index (Phi) is 6.54. The third kappa shape index (κ3) is 4.05. The zero-order valence-electron chi connectivity index (χ0n) is 12.7. The van der Waals surface area contributed by atoms with E-state index in [0.29, 0.717) is 41.1 Å². The highest BCUT2D eigenvalue weighted by molar-refractivity contribution is 6.42. The van der Waals surface area contributed by atoms with Crippen molar-refractivity contribution in [3.8, 4) is 0 Å². The van der Waals surface area contributed by atoms with Gasteiger partial charge in [-0.1, -0.05) is 29.3 Å². The number of benzene rings is 1. The Balaban J connectivity index is 0.00000208. The van der Waals surface area contributed by atoms with Crippen LogP contribution < -0.4 is 5.73 Å². The van der Waals surface area contributed by atoms with E-state index in [1.54, 1.807) is 23.1 Å². The second-order valence-corrected chi connectivity index (χ2v) is 6.10. The standard InChI is InChI=1S/C16H16Cl2N2O3.ClH/c17-13-2-1-10(6-14(13)18)15-8-20(3-4-22-15)16(21)11-5-12(7-19)23-9-11;/h1-2,5-6,9,15H,3-4,7-8,19H2;1H. The number of carbonyl (C=O) groups excluding carboxylic acids is 1. The third-order valence-corrected chi connectivity index (χ3v) is 4.51. The van der Waals surface area contributed by atoms with Crippen LogP contribution in [0.5, 0.6) is 0 Å². The number of nitrogens with two attached hydrogens (primary N) is 1. The fourth-order valence-corrected chi connectivity index (χ4v) is 2.84. The molecule has 1 unspecified atom stereocenters. The van der Waals surface area contributed by atoms with Crippen molar-refractivity contribution in [2.75, 3.05) is 19.7 Å². The van der Waals surface area contributed by atoms with Crippen molar-refractivity contribution in [1.29, 1.82) is 0 Å². The van der Waals surface area contributed by atoms with E-state index in [1.165, 1.54) is 6.26 Å². The molecule has 1 saturated heterocycles. The average Bonchev–Trinajstić information content (AvgIpc) is 3.06.